The fraction of sp³-hybridized carbons (Fsp3) is 0.471. The standard InChI is InChI=1S/C17H24N2S/c1-6-13-9-7-8-12(2)15(13)18-10-14-11-19-16(20-14)17(3,4)5/h7-9,11,18H,6,10H2,1-5H3. The van der Waals surface area contributed by atoms with Gasteiger partial charge in [-0.3, -0.25) is 0 Å². The first kappa shape index (κ1) is 15.0. The molecule has 0 aliphatic heterocycles. The van der Waals surface area contributed by atoms with Gasteiger partial charge in [0, 0.05) is 22.2 Å². The lowest BCUT2D eigenvalue weighted by atomic mass is 9.98. The average Bonchev–Trinajstić information content (AvgIpc) is 2.85. The van der Waals surface area contributed by atoms with Gasteiger partial charge in [0.1, 0.15) is 0 Å². The third-order valence-electron chi connectivity index (χ3n) is 3.37. The quantitative estimate of drug-likeness (QED) is 0.863. The van der Waals surface area contributed by atoms with Gasteiger partial charge < -0.3 is 5.32 Å². The summed E-state index contributed by atoms with van der Waals surface area (Å²) in [7, 11) is 0. The summed E-state index contributed by atoms with van der Waals surface area (Å²) in [5.74, 6) is 0. The number of anilines is 1. The third-order valence-corrected chi connectivity index (χ3v) is 4.80. The van der Waals surface area contributed by atoms with Gasteiger partial charge in [0.25, 0.3) is 0 Å². The molecule has 1 heterocycles. The number of hydrogen-bond acceptors (Lipinski definition) is 3. The van der Waals surface area contributed by atoms with Gasteiger partial charge in [0.05, 0.1) is 11.6 Å². The Bertz CT molecular complexity index is 579. The normalized spacial score (nSPS) is 11.7. The zero-order chi connectivity index (χ0) is 14.8. The minimum atomic E-state index is 0.139. The number of para-hydroxylation sites is 1. The topological polar surface area (TPSA) is 24.9 Å². The van der Waals surface area contributed by atoms with E-state index in [4.69, 9.17) is 0 Å². The molecule has 0 unspecified atom stereocenters. The van der Waals surface area contributed by atoms with Crippen molar-refractivity contribution in [3.05, 3.63) is 45.4 Å². The monoisotopic (exact) mass is 288 g/mol. The van der Waals surface area contributed by atoms with E-state index in [-0.39, 0.29) is 5.41 Å². The molecule has 1 aromatic heterocycles. The maximum atomic E-state index is 4.54. The lowest BCUT2D eigenvalue weighted by Crippen LogP contribution is -2.09. The van der Waals surface area contributed by atoms with E-state index in [2.05, 4.69) is 63.1 Å². The van der Waals surface area contributed by atoms with E-state index in [1.54, 1.807) is 11.3 Å². The Morgan fingerprint density at radius 2 is 2.00 bits per heavy atom. The SMILES string of the molecule is CCc1cccc(C)c1NCc1cnc(C(C)(C)C)s1. The average molecular weight is 288 g/mol. The zero-order valence-corrected chi connectivity index (χ0v) is 13.9. The molecule has 1 aromatic carbocycles. The molecule has 3 heteroatoms. The summed E-state index contributed by atoms with van der Waals surface area (Å²) in [6, 6.07) is 6.49. The molecule has 0 spiro atoms. The Balaban J connectivity index is 2.11. The summed E-state index contributed by atoms with van der Waals surface area (Å²) in [4.78, 5) is 5.84. The van der Waals surface area contributed by atoms with E-state index in [1.807, 2.05) is 6.20 Å². The van der Waals surface area contributed by atoms with Crippen LogP contribution in [0.5, 0.6) is 0 Å². The van der Waals surface area contributed by atoms with Crippen LogP contribution in [0.3, 0.4) is 0 Å². The van der Waals surface area contributed by atoms with Gasteiger partial charge in [0.15, 0.2) is 0 Å². The van der Waals surface area contributed by atoms with Crippen LogP contribution in [0, 0.1) is 6.92 Å². The Kier molecular flexibility index (Phi) is 4.48. The molecule has 0 saturated carbocycles. The van der Waals surface area contributed by atoms with Gasteiger partial charge in [0.2, 0.25) is 0 Å². The predicted octanol–water partition coefficient (Wildman–Crippen LogP) is 4.92. The summed E-state index contributed by atoms with van der Waals surface area (Å²) in [5, 5.41) is 4.79. The number of benzene rings is 1. The number of nitrogens with one attached hydrogen (secondary N) is 1. The number of nitrogens with zero attached hydrogens (tertiary/aromatic N) is 1. The van der Waals surface area contributed by atoms with Crippen LogP contribution in [-0.4, -0.2) is 4.98 Å². The van der Waals surface area contributed by atoms with Crippen LogP contribution in [0.4, 0.5) is 5.69 Å². The summed E-state index contributed by atoms with van der Waals surface area (Å²) >= 11 is 1.80. The highest BCUT2D eigenvalue weighted by Crippen LogP contribution is 2.28. The predicted molar refractivity (Wildman–Crippen MR) is 88.7 cm³/mol. The highest BCUT2D eigenvalue weighted by atomic mass is 32.1. The molecule has 0 fully saturated rings. The van der Waals surface area contributed by atoms with Crippen molar-refractivity contribution in [1.82, 2.24) is 4.98 Å². The van der Waals surface area contributed by atoms with Gasteiger partial charge in [-0.1, -0.05) is 45.9 Å². The summed E-state index contributed by atoms with van der Waals surface area (Å²) < 4.78 is 0. The first-order valence-corrected chi connectivity index (χ1v) is 8.01. The van der Waals surface area contributed by atoms with Gasteiger partial charge in [-0.25, -0.2) is 4.98 Å². The van der Waals surface area contributed by atoms with Crippen molar-refractivity contribution < 1.29 is 0 Å². The van der Waals surface area contributed by atoms with Crippen LogP contribution >= 0.6 is 11.3 Å². The summed E-state index contributed by atoms with van der Waals surface area (Å²) in [6.07, 6.45) is 3.06. The summed E-state index contributed by atoms with van der Waals surface area (Å²) in [6.45, 7) is 11.8. The minimum Gasteiger partial charge on any atom is -0.380 e. The molecular weight excluding hydrogens is 264 g/mol. The van der Waals surface area contributed by atoms with Gasteiger partial charge in [-0.2, -0.15) is 0 Å². The van der Waals surface area contributed by atoms with E-state index in [0.717, 1.165) is 13.0 Å². The molecule has 0 amide bonds. The van der Waals surface area contributed by atoms with Crippen LogP contribution < -0.4 is 5.32 Å². The highest BCUT2D eigenvalue weighted by molar-refractivity contribution is 7.11. The first-order chi connectivity index (χ1) is 9.41. The van der Waals surface area contributed by atoms with Crippen LogP contribution in [0.2, 0.25) is 0 Å². The first-order valence-electron chi connectivity index (χ1n) is 7.19. The molecule has 0 aliphatic rings. The number of rotatable bonds is 4. The molecule has 2 aromatic rings. The van der Waals surface area contributed by atoms with Crippen molar-refractivity contribution in [2.45, 2.75) is 53.0 Å². The van der Waals surface area contributed by atoms with Crippen molar-refractivity contribution in [3.63, 3.8) is 0 Å². The molecule has 0 radical (unpaired) electrons. The minimum absolute atomic E-state index is 0.139. The van der Waals surface area contributed by atoms with Gasteiger partial charge >= 0.3 is 0 Å². The van der Waals surface area contributed by atoms with E-state index < -0.39 is 0 Å². The van der Waals surface area contributed by atoms with Crippen molar-refractivity contribution in [1.29, 1.82) is 0 Å². The highest BCUT2D eigenvalue weighted by Gasteiger charge is 2.17. The van der Waals surface area contributed by atoms with E-state index in [9.17, 15) is 0 Å². The maximum absolute atomic E-state index is 4.54. The van der Waals surface area contributed by atoms with Crippen LogP contribution in [0.1, 0.15) is 48.7 Å². The second-order valence-electron chi connectivity index (χ2n) is 6.20. The van der Waals surface area contributed by atoms with E-state index >= 15 is 0 Å². The third kappa shape index (κ3) is 3.40. The molecule has 0 saturated heterocycles. The van der Waals surface area contributed by atoms with Crippen molar-refractivity contribution >= 4 is 17.0 Å². The molecule has 108 valence electrons. The van der Waals surface area contributed by atoms with Crippen LogP contribution in [-0.2, 0) is 18.4 Å². The molecule has 0 aliphatic carbocycles. The summed E-state index contributed by atoms with van der Waals surface area (Å²) in [5.41, 5.74) is 4.11. The Hall–Kier alpha value is -1.35. The Morgan fingerprint density at radius 1 is 1.25 bits per heavy atom. The smallest absolute Gasteiger partial charge is 0.0981 e. The molecule has 1 N–H and O–H groups in total. The fourth-order valence-electron chi connectivity index (χ4n) is 2.19. The number of thiazole rings is 1. The largest absolute Gasteiger partial charge is 0.380 e. The lowest BCUT2D eigenvalue weighted by Gasteiger charge is -2.14. The van der Waals surface area contributed by atoms with Crippen molar-refractivity contribution in [2.24, 2.45) is 0 Å². The molecule has 2 nitrogen and oxygen atoms in total. The van der Waals surface area contributed by atoms with Gasteiger partial charge in [-0.05, 0) is 24.5 Å². The van der Waals surface area contributed by atoms with Crippen molar-refractivity contribution in [2.75, 3.05) is 5.32 Å². The maximum Gasteiger partial charge on any atom is 0.0981 e. The van der Waals surface area contributed by atoms with Crippen molar-refractivity contribution in [3.8, 4) is 0 Å². The molecule has 20 heavy (non-hydrogen) atoms. The lowest BCUT2D eigenvalue weighted by molar-refractivity contribution is 0.585. The van der Waals surface area contributed by atoms with E-state index in [1.165, 1.54) is 26.7 Å². The molecule has 0 atom stereocenters. The Morgan fingerprint density at radius 3 is 2.60 bits per heavy atom. The Labute approximate surface area is 126 Å². The number of aromatic nitrogens is 1. The van der Waals surface area contributed by atoms with Crippen LogP contribution in [0.25, 0.3) is 0 Å². The molecule has 2 rings (SSSR count). The fourth-order valence-corrected chi connectivity index (χ4v) is 3.10. The van der Waals surface area contributed by atoms with Crippen LogP contribution in [0.15, 0.2) is 24.4 Å². The second-order valence-corrected chi connectivity index (χ2v) is 7.31. The molecular formula is C17H24N2S. The van der Waals surface area contributed by atoms with Gasteiger partial charge in [-0.15, -0.1) is 11.3 Å². The second kappa shape index (κ2) is 5.96. The van der Waals surface area contributed by atoms with E-state index in [0.29, 0.717) is 0 Å². The zero-order valence-electron chi connectivity index (χ0n) is 13.1. The number of aryl methyl sites for hydroxylation is 2. The molecule has 0 bridgehead atoms. The number of hydrogen-bond donors (Lipinski definition) is 1.